The van der Waals surface area contributed by atoms with Gasteiger partial charge in [-0.15, -0.1) is 0 Å². The van der Waals surface area contributed by atoms with Gasteiger partial charge in [0.1, 0.15) is 0 Å². The summed E-state index contributed by atoms with van der Waals surface area (Å²) in [5, 5.41) is 2.43. The number of halogens is 4. The van der Waals surface area contributed by atoms with Crippen LogP contribution in [-0.4, -0.2) is 37.3 Å². The van der Waals surface area contributed by atoms with Gasteiger partial charge in [-0.25, -0.2) is 0 Å². The first-order valence-electron chi connectivity index (χ1n) is 10.5. The van der Waals surface area contributed by atoms with E-state index in [1.54, 1.807) is 24.3 Å². The second-order valence-electron chi connectivity index (χ2n) is 8.41. The molecule has 0 unspecified atom stereocenters. The molecule has 1 aliphatic carbocycles. The van der Waals surface area contributed by atoms with Gasteiger partial charge < -0.3 is 5.32 Å². The Bertz CT molecular complexity index is 1130. The summed E-state index contributed by atoms with van der Waals surface area (Å²) in [5.74, 6) is -0.680. The van der Waals surface area contributed by atoms with E-state index in [0.717, 1.165) is 35.9 Å². The molecule has 2 aromatic carbocycles. The fraction of sp³-hybridized carbons (Fsp3) is 0.409. The predicted octanol–water partition coefficient (Wildman–Crippen LogP) is 5.18. The van der Waals surface area contributed by atoms with Gasteiger partial charge in [-0.05, 0) is 55.3 Å². The lowest BCUT2D eigenvalue weighted by Gasteiger charge is -2.37. The van der Waals surface area contributed by atoms with E-state index in [1.807, 2.05) is 0 Å². The van der Waals surface area contributed by atoms with E-state index in [2.05, 4.69) is 21.2 Å². The average molecular weight is 546 g/mol. The van der Waals surface area contributed by atoms with E-state index in [0.29, 0.717) is 18.5 Å². The molecule has 1 aliphatic heterocycles. The molecule has 0 bridgehead atoms. The van der Waals surface area contributed by atoms with Crippen molar-refractivity contribution in [2.24, 2.45) is 0 Å². The van der Waals surface area contributed by atoms with Crippen LogP contribution in [-0.2, 0) is 21.2 Å². The average Bonchev–Trinajstić information content (AvgIpc) is 2.96. The third-order valence-corrected chi connectivity index (χ3v) is 8.68. The van der Waals surface area contributed by atoms with Crippen LogP contribution in [0.15, 0.2) is 53.0 Å². The minimum Gasteiger partial charge on any atom is -0.325 e. The number of nitrogens with zero attached hydrogens (tertiary/aromatic N) is 2. The normalized spacial score (nSPS) is 20.2. The number of benzene rings is 2. The largest absolute Gasteiger partial charge is 0.416 e. The van der Waals surface area contributed by atoms with Gasteiger partial charge in [0.25, 0.3) is 0 Å². The molecule has 2 fully saturated rings. The van der Waals surface area contributed by atoms with E-state index >= 15 is 0 Å². The van der Waals surface area contributed by atoms with Crippen LogP contribution in [0.1, 0.15) is 37.7 Å². The van der Waals surface area contributed by atoms with Crippen LogP contribution in [0.4, 0.5) is 24.5 Å². The van der Waals surface area contributed by atoms with Crippen molar-refractivity contribution in [3.05, 3.63) is 58.6 Å². The van der Waals surface area contributed by atoms with Crippen molar-refractivity contribution in [1.29, 1.82) is 0 Å². The third kappa shape index (κ3) is 4.90. The van der Waals surface area contributed by atoms with Gasteiger partial charge in [-0.3, -0.25) is 9.10 Å². The lowest BCUT2D eigenvalue weighted by atomic mass is 9.81. The maximum atomic E-state index is 13.5. The zero-order valence-corrected chi connectivity index (χ0v) is 20.0. The van der Waals surface area contributed by atoms with Crippen LogP contribution in [0.3, 0.4) is 0 Å². The van der Waals surface area contributed by atoms with Gasteiger partial charge in [-0.1, -0.05) is 41.3 Å². The van der Waals surface area contributed by atoms with Gasteiger partial charge >= 0.3 is 16.4 Å². The Morgan fingerprint density at radius 2 is 1.73 bits per heavy atom. The summed E-state index contributed by atoms with van der Waals surface area (Å²) in [4.78, 5) is 12.8. The van der Waals surface area contributed by atoms with E-state index in [-0.39, 0.29) is 12.2 Å². The zero-order valence-electron chi connectivity index (χ0n) is 17.6. The maximum Gasteiger partial charge on any atom is 0.416 e. The van der Waals surface area contributed by atoms with Crippen molar-refractivity contribution in [3.8, 4) is 0 Å². The molecule has 1 amide bonds. The molecule has 1 saturated heterocycles. The molecule has 4 rings (SSSR count). The van der Waals surface area contributed by atoms with Gasteiger partial charge in [-0.2, -0.15) is 25.9 Å². The number of alkyl halides is 3. The lowest BCUT2D eigenvalue weighted by Crippen LogP contribution is -2.51. The molecule has 33 heavy (non-hydrogen) atoms. The number of hydrogen-bond donors (Lipinski definition) is 1. The van der Waals surface area contributed by atoms with Crippen molar-refractivity contribution < 1.29 is 26.4 Å². The van der Waals surface area contributed by atoms with E-state index in [9.17, 15) is 26.4 Å². The number of carbonyl (C=O) groups is 1. The van der Waals surface area contributed by atoms with Gasteiger partial charge in [0.05, 0.1) is 29.9 Å². The van der Waals surface area contributed by atoms with Crippen LogP contribution in [0, 0.1) is 0 Å². The summed E-state index contributed by atoms with van der Waals surface area (Å²) >= 11 is 3.34. The van der Waals surface area contributed by atoms with Crippen molar-refractivity contribution in [2.45, 2.75) is 43.8 Å². The van der Waals surface area contributed by atoms with E-state index in [4.69, 9.17) is 0 Å². The van der Waals surface area contributed by atoms with Crippen LogP contribution < -0.4 is 9.62 Å². The quantitative estimate of drug-likeness (QED) is 0.575. The Morgan fingerprint density at radius 1 is 1.06 bits per heavy atom. The Labute approximate surface area is 199 Å². The summed E-state index contributed by atoms with van der Waals surface area (Å²) in [7, 11) is -4.01. The second-order valence-corrected chi connectivity index (χ2v) is 11.1. The fourth-order valence-electron chi connectivity index (χ4n) is 4.59. The minimum atomic E-state index is -4.55. The summed E-state index contributed by atoms with van der Waals surface area (Å²) in [6, 6.07) is 11.2. The van der Waals surface area contributed by atoms with Gasteiger partial charge in [0.15, 0.2) is 0 Å². The summed E-state index contributed by atoms with van der Waals surface area (Å²) in [5.41, 5.74) is -1.15. The summed E-state index contributed by atoms with van der Waals surface area (Å²) in [6.45, 7) is -0.237. The molecule has 1 spiro atoms. The molecular formula is C22H23BrF3N3O3S. The van der Waals surface area contributed by atoms with Gasteiger partial charge in [0, 0.05) is 10.2 Å². The second kappa shape index (κ2) is 8.92. The smallest absolute Gasteiger partial charge is 0.325 e. The Kier molecular flexibility index (Phi) is 6.49. The molecule has 2 aromatic rings. The highest BCUT2D eigenvalue weighted by Gasteiger charge is 2.55. The number of carbonyl (C=O) groups excluding carboxylic acids is 1. The summed E-state index contributed by atoms with van der Waals surface area (Å²) in [6.07, 6.45) is -0.627. The number of nitrogens with one attached hydrogen (secondary N) is 1. The summed E-state index contributed by atoms with van der Waals surface area (Å²) < 4.78 is 69.4. The standard InChI is InChI=1S/C22H23BrF3N3O3S/c23-17-7-9-19(10-8-17)28-15-21(11-2-1-3-12-21)29(33(28,31)32)14-20(30)27-18-6-4-5-16(13-18)22(24,25)26/h4-10,13H,1-3,11-12,14-15H2,(H,27,30). The van der Waals surface area contributed by atoms with Crippen molar-refractivity contribution in [2.75, 3.05) is 22.7 Å². The Morgan fingerprint density at radius 3 is 2.36 bits per heavy atom. The highest BCUT2D eigenvalue weighted by atomic mass is 79.9. The molecule has 11 heteroatoms. The fourth-order valence-corrected chi connectivity index (χ4v) is 6.90. The molecule has 1 N–H and O–H groups in total. The predicted molar refractivity (Wildman–Crippen MR) is 123 cm³/mol. The number of anilines is 2. The van der Waals surface area contributed by atoms with Crippen LogP contribution >= 0.6 is 15.9 Å². The molecule has 178 valence electrons. The Balaban J connectivity index is 1.60. The highest BCUT2D eigenvalue weighted by Crippen LogP contribution is 2.44. The number of rotatable bonds is 4. The maximum absolute atomic E-state index is 13.5. The van der Waals surface area contributed by atoms with Gasteiger partial charge in [0.2, 0.25) is 5.91 Å². The van der Waals surface area contributed by atoms with E-state index < -0.39 is 39.9 Å². The van der Waals surface area contributed by atoms with Crippen molar-refractivity contribution in [3.63, 3.8) is 0 Å². The van der Waals surface area contributed by atoms with Crippen molar-refractivity contribution >= 4 is 43.4 Å². The first kappa shape index (κ1) is 24.0. The zero-order chi connectivity index (χ0) is 23.9. The molecule has 0 radical (unpaired) electrons. The highest BCUT2D eigenvalue weighted by molar-refractivity contribution is 9.10. The number of amides is 1. The molecule has 0 atom stereocenters. The monoisotopic (exact) mass is 545 g/mol. The lowest BCUT2D eigenvalue weighted by molar-refractivity contribution is -0.137. The first-order valence-corrected chi connectivity index (χ1v) is 12.7. The van der Waals surface area contributed by atoms with Crippen molar-refractivity contribution in [1.82, 2.24) is 4.31 Å². The molecule has 2 aliphatic rings. The first-order chi connectivity index (χ1) is 15.5. The molecule has 6 nitrogen and oxygen atoms in total. The Hall–Kier alpha value is -2.11. The molecule has 1 heterocycles. The van der Waals surface area contributed by atoms with Crippen LogP contribution in [0.25, 0.3) is 0 Å². The molecular weight excluding hydrogens is 523 g/mol. The SMILES string of the molecule is O=C(CN1C2(CCCCC2)CN(c2ccc(Br)cc2)S1(=O)=O)Nc1cccc(C(F)(F)F)c1. The molecule has 1 saturated carbocycles. The van der Waals surface area contributed by atoms with Crippen LogP contribution in [0.2, 0.25) is 0 Å². The topological polar surface area (TPSA) is 69.7 Å². The molecule has 0 aromatic heterocycles. The van der Waals surface area contributed by atoms with Crippen LogP contribution in [0.5, 0.6) is 0 Å². The number of hydrogen-bond acceptors (Lipinski definition) is 3. The minimum absolute atomic E-state index is 0.0334. The van der Waals surface area contributed by atoms with E-state index in [1.165, 1.54) is 20.7 Å². The third-order valence-electron chi connectivity index (χ3n) is 6.18.